The number of nitrogens with zero attached hydrogens (tertiary/aromatic N) is 4. The lowest BCUT2D eigenvalue weighted by atomic mass is 10.0. The van der Waals surface area contributed by atoms with E-state index in [2.05, 4.69) is 48.3 Å². The number of methoxy groups -OCH3 is 2. The summed E-state index contributed by atoms with van der Waals surface area (Å²) in [6, 6.07) is 11.8. The number of rotatable bonds is 15. The SMILES string of the molecule is C#CCCN(Cc1nc2ccc(C#Cc3ccc(-c4nc[nH]c4CN(CCC)C(=O)C(NC(=O)OC)C(C)C)cc3)cc2[nH]1)C(=O)C(NC(=O)OC)C(C)C. The summed E-state index contributed by atoms with van der Waals surface area (Å²) >= 11 is 0. The first-order chi connectivity index (χ1) is 26.4. The lowest BCUT2D eigenvalue weighted by Gasteiger charge is -2.29. The molecule has 2 unspecified atom stereocenters. The van der Waals surface area contributed by atoms with Crippen molar-refractivity contribution in [2.75, 3.05) is 27.3 Å². The molecule has 2 atom stereocenters. The molecule has 0 saturated carbocycles. The Bertz CT molecular complexity index is 2050. The van der Waals surface area contributed by atoms with Crippen LogP contribution in [0.1, 0.15) is 70.1 Å². The predicted molar refractivity (Wildman–Crippen MR) is 209 cm³/mol. The van der Waals surface area contributed by atoms with Crippen molar-refractivity contribution in [1.29, 1.82) is 0 Å². The predicted octanol–water partition coefficient (Wildman–Crippen LogP) is 5.20. The number of carbonyl (C=O) groups is 4. The van der Waals surface area contributed by atoms with Gasteiger partial charge in [-0.15, -0.1) is 12.3 Å². The van der Waals surface area contributed by atoms with Gasteiger partial charge in [0.25, 0.3) is 0 Å². The van der Waals surface area contributed by atoms with Crippen LogP contribution in [0.2, 0.25) is 0 Å². The van der Waals surface area contributed by atoms with Crippen LogP contribution >= 0.6 is 0 Å². The number of amides is 4. The molecule has 0 fully saturated rings. The Morgan fingerprint density at radius 3 is 1.98 bits per heavy atom. The van der Waals surface area contributed by atoms with Crippen LogP contribution in [0.4, 0.5) is 9.59 Å². The number of aromatic amines is 2. The standard InChI is InChI=1S/C41H50N8O6/c1-9-11-21-49(39(51)36(27(5)6)47-41(53)55-8)24-34-44-31-19-16-29(22-32(31)45-34)13-12-28-14-17-30(18-15-28)37-33(42-25-43-37)23-48(20-10-2)38(50)35(26(3)4)46-40(52)54-7/h1,14-19,22,25-27,35-36H,10-11,20-21,23-24H2,2-8H3,(H,42,43)(H,44,45)(H,46,52)(H,47,53). The van der Waals surface area contributed by atoms with E-state index in [0.717, 1.165) is 45.5 Å². The zero-order valence-corrected chi connectivity index (χ0v) is 32.5. The Morgan fingerprint density at radius 2 is 1.42 bits per heavy atom. The first-order valence-corrected chi connectivity index (χ1v) is 18.2. The summed E-state index contributed by atoms with van der Waals surface area (Å²) in [6.45, 7) is 10.7. The van der Waals surface area contributed by atoms with Gasteiger partial charge >= 0.3 is 12.2 Å². The van der Waals surface area contributed by atoms with Crippen molar-refractivity contribution in [3.8, 4) is 35.4 Å². The van der Waals surface area contributed by atoms with Crippen LogP contribution in [0.3, 0.4) is 0 Å². The molecule has 0 aliphatic rings. The number of carbonyl (C=O) groups excluding carboxylic acids is 4. The number of hydrogen-bond acceptors (Lipinski definition) is 8. The Kier molecular flexibility index (Phi) is 14.9. The van der Waals surface area contributed by atoms with Crippen molar-refractivity contribution in [2.45, 2.75) is 72.6 Å². The number of imidazole rings is 2. The van der Waals surface area contributed by atoms with Gasteiger partial charge in [0, 0.05) is 36.2 Å². The van der Waals surface area contributed by atoms with Crippen molar-refractivity contribution in [3.05, 3.63) is 71.4 Å². The van der Waals surface area contributed by atoms with Gasteiger partial charge in [0.15, 0.2) is 0 Å². The van der Waals surface area contributed by atoms with Crippen molar-refractivity contribution < 1.29 is 28.7 Å². The van der Waals surface area contributed by atoms with Gasteiger partial charge in [0.05, 0.1) is 56.1 Å². The van der Waals surface area contributed by atoms with E-state index in [-0.39, 0.29) is 36.7 Å². The summed E-state index contributed by atoms with van der Waals surface area (Å²) in [5.41, 5.74) is 5.40. The molecule has 0 saturated heterocycles. The van der Waals surface area contributed by atoms with Crippen molar-refractivity contribution in [1.82, 2.24) is 40.4 Å². The Balaban J connectivity index is 1.48. The van der Waals surface area contributed by atoms with Crippen molar-refractivity contribution in [2.24, 2.45) is 11.8 Å². The van der Waals surface area contributed by atoms with Gasteiger partial charge in [-0.1, -0.05) is 58.6 Å². The Labute approximate surface area is 322 Å². The van der Waals surface area contributed by atoms with Gasteiger partial charge in [-0.2, -0.15) is 0 Å². The molecule has 4 amide bonds. The van der Waals surface area contributed by atoms with Crippen molar-refractivity contribution in [3.63, 3.8) is 0 Å². The maximum atomic E-state index is 13.6. The van der Waals surface area contributed by atoms with Gasteiger partial charge in [-0.3, -0.25) is 9.59 Å². The highest BCUT2D eigenvalue weighted by Crippen LogP contribution is 2.23. The van der Waals surface area contributed by atoms with E-state index in [1.807, 2.05) is 77.1 Å². The van der Waals surface area contributed by atoms with E-state index in [9.17, 15) is 19.2 Å². The fraction of sp³-hybridized carbons (Fsp3) is 0.415. The summed E-state index contributed by atoms with van der Waals surface area (Å²) in [5, 5.41) is 5.30. The van der Waals surface area contributed by atoms with Crippen LogP contribution in [0, 0.1) is 36.0 Å². The molecule has 4 aromatic rings. The molecule has 2 aromatic heterocycles. The third-order valence-electron chi connectivity index (χ3n) is 8.87. The molecule has 0 spiro atoms. The van der Waals surface area contributed by atoms with Crippen LogP contribution in [-0.2, 0) is 32.2 Å². The smallest absolute Gasteiger partial charge is 0.407 e. The molecule has 2 heterocycles. The first-order valence-electron chi connectivity index (χ1n) is 18.2. The molecule has 55 heavy (non-hydrogen) atoms. The average molecular weight is 751 g/mol. The molecule has 14 nitrogen and oxygen atoms in total. The van der Waals surface area contributed by atoms with E-state index < -0.39 is 24.3 Å². The van der Waals surface area contributed by atoms with Crippen LogP contribution in [0.5, 0.6) is 0 Å². The minimum Gasteiger partial charge on any atom is -0.453 e. The number of benzene rings is 2. The Hall–Kier alpha value is -6.28. The second-order valence-electron chi connectivity index (χ2n) is 13.7. The summed E-state index contributed by atoms with van der Waals surface area (Å²) in [6.07, 6.45) is 6.87. The quantitative estimate of drug-likeness (QED) is 0.120. The highest BCUT2D eigenvalue weighted by atomic mass is 16.5. The number of terminal acetylenes is 1. The number of ether oxygens (including phenoxy) is 2. The van der Waals surface area contributed by atoms with Crippen molar-refractivity contribution >= 4 is 35.0 Å². The molecule has 0 radical (unpaired) electrons. The molecule has 4 N–H and O–H groups in total. The lowest BCUT2D eigenvalue weighted by molar-refractivity contribution is -0.135. The molecule has 290 valence electrons. The maximum absolute atomic E-state index is 13.6. The van der Waals surface area contributed by atoms with Gasteiger partial charge in [-0.25, -0.2) is 19.6 Å². The minimum atomic E-state index is -0.792. The van der Waals surface area contributed by atoms with E-state index >= 15 is 0 Å². The third kappa shape index (κ3) is 11.1. The maximum Gasteiger partial charge on any atom is 0.407 e. The highest BCUT2D eigenvalue weighted by molar-refractivity contribution is 5.87. The zero-order chi connectivity index (χ0) is 40.1. The summed E-state index contributed by atoms with van der Waals surface area (Å²) in [4.78, 5) is 70.0. The van der Waals surface area contributed by atoms with Crippen LogP contribution in [0.25, 0.3) is 22.3 Å². The Morgan fingerprint density at radius 1 is 0.836 bits per heavy atom. The van der Waals surface area contributed by atoms with E-state index in [1.165, 1.54) is 14.2 Å². The number of aromatic nitrogens is 4. The average Bonchev–Trinajstić information content (AvgIpc) is 3.82. The second kappa shape index (κ2) is 19.7. The molecule has 2 aromatic carbocycles. The number of fused-ring (bicyclic) bond motifs is 1. The van der Waals surface area contributed by atoms with E-state index in [0.29, 0.717) is 25.3 Å². The zero-order valence-electron chi connectivity index (χ0n) is 32.5. The fourth-order valence-electron chi connectivity index (χ4n) is 5.93. The lowest BCUT2D eigenvalue weighted by Crippen LogP contribution is -2.51. The topological polar surface area (TPSA) is 175 Å². The number of alkyl carbamates (subject to hydrolysis) is 2. The van der Waals surface area contributed by atoms with Crippen LogP contribution in [-0.4, -0.2) is 93.1 Å². The summed E-state index contributed by atoms with van der Waals surface area (Å²) in [5.74, 6) is 8.77. The fourth-order valence-corrected chi connectivity index (χ4v) is 5.93. The minimum absolute atomic E-state index is 0.140. The van der Waals surface area contributed by atoms with Crippen LogP contribution < -0.4 is 10.6 Å². The normalized spacial score (nSPS) is 11.9. The van der Waals surface area contributed by atoms with Gasteiger partial charge < -0.3 is 39.9 Å². The third-order valence-corrected chi connectivity index (χ3v) is 8.87. The summed E-state index contributed by atoms with van der Waals surface area (Å²) < 4.78 is 9.47. The van der Waals surface area contributed by atoms with E-state index in [4.69, 9.17) is 15.9 Å². The molecular weight excluding hydrogens is 701 g/mol. The van der Waals surface area contributed by atoms with Gasteiger partial charge in [0.1, 0.15) is 17.9 Å². The number of H-pyrrole nitrogens is 2. The largest absolute Gasteiger partial charge is 0.453 e. The number of nitrogens with one attached hydrogen (secondary N) is 4. The van der Waals surface area contributed by atoms with Gasteiger partial charge in [0.2, 0.25) is 11.8 Å². The van der Waals surface area contributed by atoms with Gasteiger partial charge in [-0.05, 0) is 48.6 Å². The summed E-state index contributed by atoms with van der Waals surface area (Å²) in [7, 11) is 2.52. The molecule has 4 rings (SSSR count). The molecular formula is C41H50N8O6. The monoisotopic (exact) mass is 750 g/mol. The number of hydrogen-bond donors (Lipinski definition) is 4. The second-order valence-corrected chi connectivity index (χ2v) is 13.7. The molecule has 0 bridgehead atoms. The highest BCUT2D eigenvalue weighted by Gasteiger charge is 2.31. The first kappa shape index (κ1) is 41.5. The molecule has 0 aliphatic heterocycles. The molecule has 0 aliphatic carbocycles. The molecule has 14 heteroatoms. The van der Waals surface area contributed by atoms with Crippen LogP contribution in [0.15, 0.2) is 48.8 Å². The van der Waals surface area contributed by atoms with E-state index in [1.54, 1.807) is 16.1 Å².